The molecule has 0 bridgehead atoms. The Morgan fingerprint density at radius 2 is 2.12 bits per heavy atom. The molecule has 0 spiro atoms. The first kappa shape index (κ1) is 12.6. The molecule has 1 aromatic heterocycles. The first-order valence-corrected chi connectivity index (χ1v) is 6.67. The van der Waals surface area contributed by atoms with Gasteiger partial charge in [0.1, 0.15) is 12.2 Å². The van der Waals surface area contributed by atoms with Crippen molar-refractivity contribution in [2.75, 3.05) is 0 Å². The fourth-order valence-corrected chi connectivity index (χ4v) is 2.66. The second kappa shape index (κ2) is 4.77. The Labute approximate surface area is 104 Å². The highest BCUT2D eigenvalue weighted by Gasteiger charge is 2.32. The minimum Gasteiger partial charge on any atom is -0.325 e. The normalized spacial score (nSPS) is 29.8. The molecule has 1 aliphatic carbocycles. The number of hydrogen-bond acceptors (Lipinski definition) is 3. The maximum Gasteiger partial charge on any atom is 0.138 e. The van der Waals surface area contributed by atoms with E-state index in [2.05, 4.69) is 30.9 Å². The molecule has 1 heterocycles. The van der Waals surface area contributed by atoms with Gasteiger partial charge in [-0.2, -0.15) is 5.10 Å². The second-order valence-electron chi connectivity index (χ2n) is 5.94. The highest BCUT2D eigenvalue weighted by molar-refractivity contribution is 5.00. The summed E-state index contributed by atoms with van der Waals surface area (Å²) >= 11 is 0. The number of nitrogens with two attached hydrogens (primary N) is 1. The zero-order valence-electron chi connectivity index (χ0n) is 11.2. The lowest BCUT2D eigenvalue weighted by Crippen LogP contribution is -2.45. The van der Waals surface area contributed by atoms with Crippen molar-refractivity contribution in [2.45, 2.75) is 64.5 Å². The van der Waals surface area contributed by atoms with Gasteiger partial charge in [-0.05, 0) is 45.4 Å². The lowest BCUT2D eigenvalue weighted by atomic mass is 9.76. The summed E-state index contributed by atoms with van der Waals surface area (Å²) in [5.74, 6) is 1.87. The first-order chi connectivity index (χ1) is 8.00. The van der Waals surface area contributed by atoms with Gasteiger partial charge in [0, 0.05) is 18.0 Å². The maximum absolute atomic E-state index is 6.50. The van der Waals surface area contributed by atoms with Crippen molar-refractivity contribution in [1.82, 2.24) is 14.8 Å². The van der Waals surface area contributed by atoms with Crippen LogP contribution in [0.1, 0.15) is 58.3 Å². The van der Waals surface area contributed by atoms with Crippen LogP contribution in [0.25, 0.3) is 0 Å². The van der Waals surface area contributed by atoms with Gasteiger partial charge in [-0.1, -0.05) is 6.92 Å². The van der Waals surface area contributed by atoms with Gasteiger partial charge in [-0.15, -0.1) is 0 Å². The lowest BCUT2D eigenvalue weighted by Gasteiger charge is -2.36. The molecule has 0 amide bonds. The molecular formula is C13H24N4. The Balaban J connectivity index is 2.07. The Hall–Kier alpha value is -0.900. The minimum atomic E-state index is -0.0633. The van der Waals surface area contributed by atoms with Crippen LogP contribution < -0.4 is 5.73 Å². The van der Waals surface area contributed by atoms with E-state index >= 15 is 0 Å². The predicted octanol–water partition coefficient (Wildman–Crippen LogP) is 2.31. The largest absolute Gasteiger partial charge is 0.325 e. The number of nitrogens with zero attached hydrogens (tertiary/aromatic N) is 3. The third kappa shape index (κ3) is 2.86. The van der Waals surface area contributed by atoms with Crippen molar-refractivity contribution in [3.63, 3.8) is 0 Å². The van der Waals surface area contributed by atoms with Crippen LogP contribution in [-0.4, -0.2) is 20.3 Å². The monoisotopic (exact) mass is 236 g/mol. The van der Waals surface area contributed by atoms with Crippen molar-refractivity contribution in [2.24, 2.45) is 11.7 Å². The van der Waals surface area contributed by atoms with Gasteiger partial charge in [-0.25, -0.2) is 9.67 Å². The number of aromatic nitrogens is 3. The molecule has 0 radical (unpaired) electrons. The van der Waals surface area contributed by atoms with Gasteiger partial charge >= 0.3 is 0 Å². The van der Waals surface area contributed by atoms with Crippen LogP contribution in [0.5, 0.6) is 0 Å². The third-order valence-corrected chi connectivity index (χ3v) is 3.92. The average molecular weight is 236 g/mol. The summed E-state index contributed by atoms with van der Waals surface area (Å²) in [7, 11) is 0. The average Bonchev–Trinajstić information content (AvgIpc) is 2.71. The number of hydrogen-bond donors (Lipinski definition) is 1. The van der Waals surface area contributed by atoms with Gasteiger partial charge in [0.2, 0.25) is 0 Å². The first-order valence-electron chi connectivity index (χ1n) is 6.67. The van der Waals surface area contributed by atoms with E-state index in [4.69, 9.17) is 5.73 Å². The summed E-state index contributed by atoms with van der Waals surface area (Å²) in [5.41, 5.74) is 6.44. The van der Waals surface area contributed by atoms with E-state index in [9.17, 15) is 0 Å². The summed E-state index contributed by atoms with van der Waals surface area (Å²) in [4.78, 5) is 4.37. The topological polar surface area (TPSA) is 56.7 Å². The molecule has 2 rings (SSSR count). The van der Waals surface area contributed by atoms with E-state index in [0.29, 0.717) is 6.04 Å². The molecule has 0 unspecified atom stereocenters. The summed E-state index contributed by atoms with van der Waals surface area (Å²) in [6.45, 7) is 6.57. The molecule has 0 saturated heterocycles. The summed E-state index contributed by atoms with van der Waals surface area (Å²) in [6, 6.07) is 0.360. The molecule has 17 heavy (non-hydrogen) atoms. The molecule has 4 nitrogen and oxygen atoms in total. The zero-order valence-corrected chi connectivity index (χ0v) is 11.2. The highest BCUT2D eigenvalue weighted by atomic mass is 15.3. The van der Waals surface area contributed by atoms with E-state index in [0.717, 1.165) is 31.0 Å². The van der Waals surface area contributed by atoms with Crippen molar-refractivity contribution in [3.05, 3.63) is 12.2 Å². The molecular weight excluding hydrogens is 212 g/mol. The quantitative estimate of drug-likeness (QED) is 0.876. The fourth-order valence-electron chi connectivity index (χ4n) is 2.66. The van der Waals surface area contributed by atoms with Gasteiger partial charge in [0.15, 0.2) is 0 Å². The zero-order chi connectivity index (χ0) is 12.5. The molecule has 0 aromatic carbocycles. The lowest BCUT2D eigenvalue weighted by molar-refractivity contribution is 0.237. The van der Waals surface area contributed by atoms with Crippen molar-refractivity contribution < 1.29 is 0 Å². The van der Waals surface area contributed by atoms with Crippen LogP contribution in [0.2, 0.25) is 0 Å². The van der Waals surface area contributed by atoms with E-state index in [1.165, 1.54) is 12.8 Å². The van der Waals surface area contributed by atoms with Gasteiger partial charge in [0.25, 0.3) is 0 Å². The maximum atomic E-state index is 6.50. The fraction of sp³-hybridized carbons (Fsp3) is 0.846. The second-order valence-corrected chi connectivity index (χ2v) is 5.94. The van der Waals surface area contributed by atoms with Crippen molar-refractivity contribution >= 4 is 0 Å². The smallest absolute Gasteiger partial charge is 0.138 e. The molecule has 96 valence electrons. The Bertz CT molecular complexity index is 361. The van der Waals surface area contributed by atoms with Crippen molar-refractivity contribution in [3.8, 4) is 0 Å². The van der Waals surface area contributed by atoms with Gasteiger partial charge in [0.05, 0.1) is 0 Å². The molecule has 0 aliphatic heterocycles. The molecule has 1 fully saturated rings. The van der Waals surface area contributed by atoms with E-state index in [1.54, 1.807) is 6.33 Å². The SMILES string of the molecule is CC1CCC(N)(Cc2ncnn2C(C)C)CC1. The molecule has 1 aromatic rings. The third-order valence-electron chi connectivity index (χ3n) is 3.92. The van der Waals surface area contributed by atoms with Crippen LogP contribution >= 0.6 is 0 Å². The van der Waals surface area contributed by atoms with Crippen LogP contribution in [0.4, 0.5) is 0 Å². The Kier molecular flexibility index (Phi) is 3.52. The molecule has 1 aliphatic rings. The molecule has 0 atom stereocenters. The van der Waals surface area contributed by atoms with E-state index in [1.807, 2.05) is 4.68 Å². The van der Waals surface area contributed by atoms with E-state index < -0.39 is 0 Å². The summed E-state index contributed by atoms with van der Waals surface area (Å²) in [5, 5.41) is 4.28. The summed E-state index contributed by atoms with van der Waals surface area (Å²) < 4.78 is 1.99. The van der Waals surface area contributed by atoms with E-state index in [-0.39, 0.29) is 5.54 Å². The summed E-state index contributed by atoms with van der Waals surface area (Å²) in [6.07, 6.45) is 7.21. The van der Waals surface area contributed by atoms with Crippen LogP contribution in [0.15, 0.2) is 6.33 Å². The van der Waals surface area contributed by atoms with Gasteiger partial charge in [-0.3, -0.25) is 0 Å². The van der Waals surface area contributed by atoms with Crippen LogP contribution in [-0.2, 0) is 6.42 Å². The Morgan fingerprint density at radius 3 is 2.71 bits per heavy atom. The van der Waals surface area contributed by atoms with Crippen molar-refractivity contribution in [1.29, 1.82) is 0 Å². The minimum absolute atomic E-state index is 0.0633. The number of rotatable bonds is 3. The Morgan fingerprint density at radius 1 is 1.47 bits per heavy atom. The molecule has 4 heteroatoms. The van der Waals surface area contributed by atoms with Gasteiger partial charge < -0.3 is 5.73 Å². The molecule has 1 saturated carbocycles. The predicted molar refractivity (Wildman–Crippen MR) is 68.7 cm³/mol. The van der Waals surface area contributed by atoms with Crippen LogP contribution in [0, 0.1) is 5.92 Å². The molecule has 2 N–H and O–H groups in total. The van der Waals surface area contributed by atoms with Crippen LogP contribution in [0.3, 0.4) is 0 Å². The highest BCUT2D eigenvalue weighted by Crippen LogP contribution is 2.32. The standard InChI is InChI=1S/C13H24N4/c1-10(2)17-12(15-9-16-17)8-13(14)6-4-11(3)5-7-13/h9-11H,4-8,14H2,1-3H3.